The number of hydrogen-bond donors (Lipinski definition) is 1. The van der Waals surface area contributed by atoms with E-state index in [2.05, 4.69) is 5.32 Å². The highest BCUT2D eigenvalue weighted by Gasteiger charge is 2.19. The molecule has 0 aromatic heterocycles. The molecule has 1 N–H and O–H groups in total. The van der Waals surface area contributed by atoms with Crippen LogP contribution in [-0.2, 0) is 6.54 Å². The minimum Gasteiger partial charge on any atom is -0.496 e. The van der Waals surface area contributed by atoms with Crippen molar-refractivity contribution in [2.75, 3.05) is 7.11 Å². The zero-order valence-corrected chi connectivity index (χ0v) is 15.8. The molecule has 3 aromatic carbocycles. The molecule has 0 aliphatic rings. The van der Waals surface area contributed by atoms with Crippen molar-refractivity contribution in [2.45, 2.75) is 13.5 Å². The van der Waals surface area contributed by atoms with Gasteiger partial charge >= 0.3 is 0 Å². The first kappa shape index (κ1) is 19.2. The molecule has 0 fully saturated rings. The Labute approximate surface area is 163 Å². The fourth-order valence-electron chi connectivity index (χ4n) is 2.83. The molecule has 3 aromatic rings. The van der Waals surface area contributed by atoms with E-state index in [9.17, 15) is 9.59 Å². The molecule has 0 aliphatic carbocycles. The SMILES string of the molecule is COc1ccccc1CNC(=O)c1cccc(C(C)=O)c1Oc1ccccc1. The van der Waals surface area contributed by atoms with E-state index in [1.54, 1.807) is 37.4 Å². The van der Waals surface area contributed by atoms with Crippen LogP contribution >= 0.6 is 0 Å². The van der Waals surface area contributed by atoms with E-state index < -0.39 is 0 Å². The topological polar surface area (TPSA) is 64.6 Å². The van der Waals surface area contributed by atoms with Gasteiger partial charge in [-0.05, 0) is 37.3 Å². The standard InChI is InChI=1S/C23H21NO4/c1-16(25)19-12-8-13-20(22(19)28-18-10-4-3-5-11-18)23(26)24-15-17-9-6-7-14-21(17)27-2/h3-14H,15H2,1-2H3,(H,24,26). The maximum atomic E-state index is 12.9. The third-order valence-corrected chi connectivity index (χ3v) is 4.23. The van der Waals surface area contributed by atoms with Crippen LogP contribution in [-0.4, -0.2) is 18.8 Å². The van der Waals surface area contributed by atoms with Gasteiger partial charge in [-0.15, -0.1) is 0 Å². The van der Waals surface area contributed by atoms with Crippen molar-refractivity contribution in [2.24, 2.45) is 0 Å². The van der Waals surface area contributed by atoms with Gasteiger partial charge in [-0.2, -0.15) is 0 Å². The van der Waals surface area contributed by atoms with Crippen LogP contribution in [0.2, 0.25) is 0 Å². The summed E-state index contributed by atoms with van der Waals surface area (Å²) in [7, 11) is 1.59. The Morgan fingerprint density at radius 3 is 2.25 bits per heavy atom. The Bertz CT molecular complexity index is 983. The summed E-state index contributed by atoms with van der Waals surface area (Å²) in [5.74, 6) is 0.986. The minimum absolute atomic E-state index is 0.176. The van der Waals surface area contributed by atoms with Crippen molar-refractivity contribution in [1.82, 2.24) is 5.32 Å². The number of hydrogen-bond acceptors (Lipinski definition) is 4. The van der Waals surface area contributed by atoms with Crippen molar-refractivity contribution in [1.29, 1.82) is 0 Å². The molecule has 0 bridgehead atoms. The normalized spacial score (nSPS) is 10.2. The number of benzene rings is 3. The summed E-state index contributed by atoms with van der Waals surface area (Å²) in [6, 6.07) is 21.5. The summed E-state index contributed by atoms with van der Waals surface area (Å²) < 4.78 is 11.2. The number of Topliss-reactive ketones (excluding diaryl/α,β-unsaturated/α-hetero) is 1. The highest BCUT2D eigenvalue weighted by molar-refractivity contribution is 6.04. The number of carbonyl (C=O) groups is 2. The molecule has 0 saturated heterocycles. The monoisotopic (exact) mass is 375 g/mol. The second kappa shape index (κ2) is 8.86. The van der Waals surface area contributed by atoms with E-state index in [0.29, 0.717) is 22.6 Å². The summed E-state index contributed by atoms with van der Waals surface area (Å²) in [5.41, 5.74) is 1.51. The third-order valence-electron chi connectivity index (χ3n) is 4.23. The summed E-state index contributed by atoms with van der Waals surface area (Å²) in [5, 5.41) is 2.87. The van der Waals surface area contributed by atoms with E-state index in [1.165, 1.54) is 6.92 Å². The van der Waals surface area contributed by atoms with E-state index in [1.807, 2.05) is 42.5 Å². The third kappa shape index (κ3) is 4.38. The maximum absolute atomic E-state index is 12.9. The van der Waals surface area contributed by atoms with Gasteiger partial charge in [-0.1, -0.05) is 42.5 Å². The molecular weight excluding hydrogens is 354 g/mol. The highest BCUT2D eigenvalue weighted by Crippen LogP contribution is 2.30. The number of ether oxygens (including phenoxy) is 2. The lowest BCUT2D eigenvalue weighted by molar-refractivity contribution is 0.0948. The lowest BCUT2D eigenvalue weighted by atomic mass is 10.0. The molecule has 0 aliphatic heterocycles. The van der Waals surface area contributed by atoms with E-state index in [0.717, 1.165) is 5.56 Å². The Hall–Kier alpha value is -3.60. The van der Waals surface area contributed by atoms with Crippen LogP contribution in [0.25, 0.3) is 0 Å². The number of amides is 1. The van der Waals surface area contributed by atoms with Gasteiger partial charge in [0.1, 0.15) is 11.5 Å². The molecule has 0 saturated carbocycles. The van der Waals surface area contributed by atoms with Gasteiger partial charge in [-0.3, -0.25) is 9.59 Å². The quantitative estimate of drug-likeness (QED) is 0.612. The Morgan fingerprint density at radius 2 is 1.54 bits per heavy atom. The second-order valence-corrected chi connectivity index (χ2v) is 6.15. The highest BCUT2D eigenvalue weighted by atomic mass is 16.5. The molecule has 0 atom stereocenters. The molecule has 0 radical (unpaired) electrons. The number of methoxy groups -OCH3 is 1. The molecule has 0 spiro atoms. The smallest absolute Gasteiger partial charge is 0.255 e. The zero-order chi connectivity index (χ0) is 19.9. The van der Waals surface area contributed by atoms with Gasteiger partial charge < -0.3 is 14.8 Å². The van der Waals surface area contributed by atoms with Crippen molar-refractivity contribution >= 4 is 11.7 Å². The number of para-hydroxylation sites is 3. The van der Waals surface area contributed by atoms with Crippen LogP contribution in [0.4, 0.5) is 0 Å². The van der Waals surface area contributed by atoms with Gasteiger partial charge in [-0.25, -0.2) is 0 Å². The van der Waals surface area contributed by atoms with Crippen molar-refractivity contribution in [3.05, 3.63) is 89.5 Å². The Balaban J connectivity index is 1.88. The molecule has 0 heterocycles. The predicted molar refractivity (Wildman–Crippen MR) is 107 cm³/mol. The van der Waals surface area contributed by atoms with Crippen LogP contribution in [0.15, 0.2) is 72.8 Å². The van der Waals surface area contributed by atoms with E-state index in [4.69, 9.17) is 9.47 Å². The largest absolute Gasteiger partial charge is 0.496 e. The molecule has 28 heavy (non-hydrogen) atoms. The number of nitrogens with one attached hydrogen (secondary N) is 1. The average molecular weight is 375 g/mol. The fourth-order valence-corrected chi connectivity index (χ4v) is 2.83. The van der Waals surface area contributed by atoms with Crippen LogP contribution in [0.5, 0.6) is 17.2 Å². The van der Waals surface area contributed by atoms with Gasteiger partial charge in [0, 0.05) is 12.1 Å². The summed E-state index contributed by atoms with van der Waals surface area (Å²) in [6.45, 7) is 1.74. The first-order valence-corrected chi connectivity index (χ1v) is 8.87. The van der Waals surface area contributed by atoms with Crippen LogP contribution in [0, 0.1) is 0 Å². The summed E-state index contributed by atoms with van der Waals surface area (Å²) in [4.78, 5) is 24.9. The molecule has 3 rings (SSSR count). The van der Waals surface area contributed by atoms with Crippen LogP contribution in [0.1, 0.15) is 33.2 Å². The lowest BCUT2D eigenvalue weighted by Crippen LogP contribution is -2.24. The summed E-state index contributed by atoms with van der Waals surface area (Å²) in [6.07, 6.45) is 0. The van der Waals surface area contributed by atoms with Crippen LogP contribution < -0.4 is 14.8 Å². The van der Waals surface area contributed by atoms with E-state index >= 15 is 0 Å². The number of rotatable bonds is 7. The maximum Gasteiger partial charge on any atom is 0.255 e. The molecule has 5 nitrogen and oxygen atoms in total. The lowest BCUT2D eigenvalue weighted by Gasteiger charge is -2.15. The van der Waals surface area contributed by atoms with Crippen LogP contribution in [0.3, 0.4) is 0 Å². The Morgan fingerprint density at radius 1 is 0.857 bits per heavy atom. The second-order valence-electron chi connectivity index (χ2n) is 6.15. The zero-order valence-electron chi connectivity index (χ0n) is 15.8. The van der Waals surface area contributed by atoms with Crippen molar-refractivity contribution in [3.8, 4) is 17.2 Å². The van der Waals surface area contributed by atoms with Gasteiger partial charge in [0.05, 0.1) is 18.2 Å². The molecular formula is C23H21NO4. The van der Waals surface area contributed by atoms with Gasteiger partial charge in [0.15, 0.2) is 11.5 Å². The molecule has 0 unspecified atom stereocenters. The van der Waals surface area contributed by atoms with Crippen molar-refractivity contribution in [3.63, 3.8) is 0 Å². The summed E-state index contributed by atoms with van der Waals surface area (Å²) >= 11 is 0. The number of carbonyl (C=O) groups excluding carboxylic acids is 2. The first-order valence-electron chi connectivity index (χ1n) is 8.87. The first-order chi connectivity index (χ1) is 13.6. The Kier molecular flexibility index (Phi) is 6.07. The minimum atomic E-state index is -0.333. The van der Waals surface area contributed by atoms with Gasteiger partial charge in [0.25, 0.3) is 5.91 Å². The molecule has 5 heteroatoms. The molecule has 142 valence electrons. The van der Waals surface area contributed by atoms with E-state index in [-0.39, 0.29) is 24.0 Å². The average Bonchev–Trinajstić information content (AvgIpc) is 2.73. The number of ketones is 1. The van der Waals surface area contributed by atoms with Crippen molar-refractivity contribution < 1.29 is 19.1 Å². The predicted octanol–water partition coefficient (Wildman–Crippen LogP) is 4.62. The molecule has 1 amide bonds. The fraction of sp³-hybridized carbons (Fsp3) is 0.130. The van der Waals surface area contributed by atoms with Gasteiger partial charge in [0.2, 0.25) is 0 Å².